The number of hydrogen-bond acceptors (Lipinski definition) is 5. The lowest BCUT2D eigenvalue weighted by molar-refractivity contribution is -0.115. The smallest absolute Gasteiger partial charge is 0.237 e. The second kappa shape index (κ2) is 10.1. The maximum Gasteiger partial charge on any atom is 0.237 e. The van der Waals surface area contributed by atoms with E-state index in [0.717, 1.165) is 22.4 Å². The molecule has 1 N–H and O–H groups in total. The highest BCUT2D eigenvalue weighted by molar-refractivity contribution is 8.00. The topological polar surface area (TPSA) is 73.0 Å². The molecule has 0 saturated heterocycles. The van der Waals surface area contributed by atoms with Gasteiger partial charge in [0.1, 0.15) is 0 Å². The highest BCUT2D eigenvalue weighted by atomic mass is 32.2. The molecule has 0 bridgehead atoms. The Labute approximate surface area is 198 Å². The predicted molar refractivity (Wildman–Crippen MR) is 132 cm³/mol. The Balaban J connectivity index is 1.58. The van der Waals surface area contributed by atoms with Crippen molar-refractivity contribution in [1.82, 2.24) is 14.8 Å². The fourth-order valence-corrected chi connectivity index (χ4v) is 4.50. The van der Waals surface area contributed by atoms with Crippen LogP contribution in [0.4, 0.5) is 5.69 Å². The van der Waals surface area contributed by atoms with Gasteiger partial charge in [-0.15, -0.1) is 10.2 Å². The third-order valence-electron chi connectivity index (χ3n) is 5.47. The van der Waals surface area contributed by atoms with Crippen molar-refractivity contribution < 1.29 is 9.21 Å². The molecule has 4 aromatic rings. The van der Waals surface area contributed by atoms with Crippen molar-refractivity contribution in [3.8, 4) is 11.6 Å². The van der Waals surface area contributed by atoms with Gasteiger partial charge in [0.2, 0.25) is 11.7 Å². The number of carbonyl (C=O) groups excluding carboxylic acids is 1. The van der Waals surface area contributed by atoms with Gasteiger partial charge in [-0.1, -0.05) is 74.1 Å². The van der Waals surface area contributed by atoms with Crippen LogP contribution >= 0.6 is 11.8 Å². The number of hydrogen-bond donors (Lipinski definition) is 1. The first-order valence-electron chi connectivity index (χ1n) is 11.0. The van der Waals surface area contributed by atoms with Gasteiger partial charge in [-0.3, -0.25) is 9.36 Å². The van der Waals surface area contributed by atoms with Crippen molar-refractivity contribution in [2.75, 3.05) is 5.32 Å². The summed E-state index contributed by atoms with van der Waals surface area (Å²) in [6.45, 7) is 8.75. The van der Waals surface area contributed by atoms with E-state index in [1.807, 2.05) is 60.9 Å². The number of aryl methyl sites for hydroxylation is 1. The molecule has 33 heavy (non-hydrogen) atoms. The third-order valence-corrected chi connectivity index (χ3v) is 6.55. The fourth-order valence-electron chi connectivity index (χ4n) is 3.65. The van der Waals surface area contributed by atoms with Crippen molar-refractivity contribution in [2.24, 2.45) is 0 Å². The number of rotatable bonds is 8. The van der Waals surface area contributed by atoms with Gasteiger partial charge in [0.15, 0.2) is 10.9 Å². The molecule has 0 spiro atoms. The first-order chi connectivity index (χ1) is 15.9. The van der Waals surface area contributed by atoms with Crippen molar-refractivity contribution in [2.45, 2.75) is 50.6 Å². The van der Waals surface area contributed by atoms with E-state index in [1.165, 1.54) is 11.8 Å². The monoisotopic (exact) mass is 460 g/mol. The van der Waals surface area contributed by atoms with Gasteiger partial charge in [-0.05, 0) is 48.6 Å². The minimum atomic E-state index is -0.368. The van der Waals surface area contributed by atoms with Crippen LogP contribution in [0, 0.1) is 6.92 Å². The SMILES string of the molecule is Cc1cccc(C(C)C)c1NC(=O)C(C)Sc1nnc(-c2ccco2)n1Cc1ccccc1. The Morgan fingerprint density at radius 3 is 2.52 bits per heavy atom. The van der Waals surface area contributed by atoms with Gasteiger partial charge in [0.25, 0.3) is 0 Å². The Kier molecular flexibility index (Phi) is 6.99. The molecule has 6 nitrogen and oxygen atoms in total. The van der Waals surface area contributed by atoms with Gasteiger partial charge in [0.05, 0.1) is 18.1 Å². The molecule has 1 atom stereocenters. The highest BCUT2D eigenvalue weighted by Gasteiger charge is 2.23. The van der Waals surface area contributed by atoms with E-state index in [1.54, 1.807) is 6.26 Å². The van der Waals surface area contributed by atoms with Crippen LogP contribution in [0.15, 0.2) is 76.5 Å². The standard InChI is InChI=1S/C26H28N4O2S/c1-17(2)21-13-8-10-18(3)23(21)27-25(31)19(4)33-26-29-28-24(22-14-9-15-32-22)30(26)16-20-11-6-5-7-12-20/h5-15,17,19H,16H2,1-4H3,(H,27,31). The van der Waals surface area contributed by atoms with Crippen molar-refractivity contribution in [1.29, 1.82) is 0 Å². The van der Waals surface area contributed by atoms with Crippen LogP contribution in [0.2, 0.25) is 0 Å². The molecule has 2 heterocycles. The summed E-state index contributed by atoms with van der Waals surface area (Å²) in [6, 6.07) is 19.9. The van der Waals surface area contributed by atoms with Crippen LogP contribution in [0.3, 0.4) is 0 Å². The molecule has 7 heteroatoms. The lowest BCUT2D eigenvalue weighted by Gasteiger charge is -2.18. The van der Waals surface area contributed by atoms with Crippen LogP contribution in [0.5, 0.6) is 0 Å². The van der Waals surface area contributed by atoms with Crippen LogP contribution in [0.25, 0.3) is 11.6 Å². The molecule has 0 radical (unpaired) electrons. The Morgan fingerprint density at radius 2 is 1.82 bits per heavy atom. The zero-order valence-electron chi connectivity index (χ0n) is 19.3. The average molecular weight is 461 g/mol. The van der Waals surface area contributed by atoms with Crippen LogP contribution in [0.1, 0.15) is 43.4 Å². The fraction of sp³-hybridized carbons (Fsp3) is 0.269. The van der Waals surface area contributed by atoms with E-state index in [-0.39, 0.29) is 11.2 Å². The summed E-state index contributed by atoms with van der Waals surface area (Å²) in [5.74, 6) is 1.53. The molecule has 2 aromatic heterocycles. The number of nitrogens with zero attached hydrogens (tertiary/aromatic N) is 3. The van der Waals surface area contributed by atoms with Crippen molar-refractivity contribution in [3.63, 3.8) is 0 Å². The number of para-hydroxylation sites is 1. The van der Waals surface area contributed by atoms with Gasteiger partial charge < -0.3 is 9.73 Å². The van der Waals surface area contributed by atoms with Gasteiger partial charge in [-0.25, -0.2) is 0 Å². The number of aromatic nitrogens is 3. The molecule has 0 aliphatic rings. The highest BCUT2D eigenvalue weighted by Crippen LogP contribution is 2.31. The summed E-state index contributed by atoms with van der Waals surface area (Å²) in [5, 5.41) is 12.2. The average Bonchev–Trinajstić information content (AvgIpc) is 3.46. The number of carbonyl (C=O) groups is 1. The summed E-state index contributed by atoms with van der Waals surface area (Å²) >= 11 is 1.39. The summed E-state index contributed by atoms with van der Waals surface area (Å²) < 4.78 is 7.58. The largest absolute Gasteiger partial charge is 0.461 e. The quantitative estimate of drug-likeness (QED) is 0.320. The van der Waals surface area contributed by atoms with Gasteiger partial charge in [0, 0.05) is 5.69 Å². The molecule has 2 aromatic carbocycles. The molecule has 0 fully saturated rings. The zero-order chi connectivity index (χ0) is 23.4. The van der Waals surface area contributed by atoms with E-state index in [4.69, 9.17) is 4.42 Å². The van der Waals surface area contributed by atoms with Crippen LogP contribution in [-0.2, 0) is 11.3 Å². The molecule has 170 valence electrons. The number of furan rings is 1. The summed E-state index contributed by atoms with van der Waals surface area (Å²) in [5.41, 5.74) is 4.20. The minimum absolute atomic E-state index is 0.0648. The van der Waals surface area contributed by atoms with Gasteiger partial charge >= 0.3 is 0 Å². The maximum atomic E-state index is 13.1. The van der Waals surface area contributed by atoms with E-state index in [9.17, 15) is 4.79 Å². The summed E-state index contributed by atoms with van der Waals surface area (Å²) in [7, 11) is 0. The van der Waals surface area contributed by atoms with Crippen molar-refractivity contribution >= 4 is 23.4 Å². The van der Waals surface area contributed by atoms with E-state index in [2.05, 4.69) is 47.6 Å². The van der Waals surface area contributed by atoms with E-state index in [0.29, 0.717) is 29.2 Å². The molecule has 0 aliphatic heterocycles. The lowest BCUT2D eigenvalue weighted by atomic mass is 9.98. The first-order valence-corrected chi connectivity index (χ1v) is 11.9. The molecule has 4 rings (SSSR count). The van der Waals surface area contributed by atoms with Crippen LogP contribution in [-0.4, -0.2) is 25.9 Å². The molecule has 0 aliphatic carbocycles. The second-order valence-electron chi connectivity index (χ2n) is 8.30. The molecular formula is C26H28N4O2S. The van der Waals surface area contributed by atoms with E-state index < -0.39 is 0 Å². The first kappa shape index (κ1) is 22.9. The maximum absolute atomic E-state index is 13.1. The molecular weight excluding hydrogens is 432 g/mol. The zero-order valence-corrected chi connectivity index (χ0v) is 20.1. The predicted octanol–water partition coefficient (Wildman–Crippen LogP) is 6.14. The lowest BCUT2D eigenvalue weighted by Crippen LogP contribution is -2.24. The molecule has 1 amide bonds. The number of thioether (sulfide) groups is 1. The third kappa shape index (κ3) is 5.20. The Morgan fingerprint density at radius 1 is 1.03 bits per heavy atom. The second-order valence-corrected chi connectivity index (χ2v) is 9.61. The Bertz CT molecular complexity index is 1220. The van der Waals surface area contributed by atoms with Gasteiger partial charge in [-0.2, -0.15) is 0 Å². The summed E-state index contributed by atoms with van der Waals surface area (Å²) in [4.78, 5) is 13.1. The number of benzene rings is 2. The van der Waals surface area contributed by atoms with Crippen molar-refractivity contribution in [3.05, 3.63) is 83.6 Å². The molecule has 1 unspecified atom stereocenters. The number of amides is 1. The number of anilines is 1. The van der Waals surface area contributed by atoms with E-state index >= 15 is 0 Å². The van der Waals surface area contributed by atoms with Crippen LogP contribution < -0.4 is 5.32 Å². The number of nitrogens with one attached hydrogen (secondary N) is 1. The molecule has 0 saturated carbocycles. The minimum Gasteiger partial charge on any atom is -0.461 e. The summed E-state index contributed by atoms with van der Waals surface area (Å²) in [6.07, 6.45) is 1.62. The normalized spacial score (nSPS) is 12.2. The Hall–Kier alpha value is -3.32.